The summed E-state index contributed by atoms with van der Waals surface area (Å²) in [7, 11) is 2.29. The third kappa shape index (κ3) is 2.13. The molecule has 0 amide bonds. The lowest BCUT2D eigenvalue weighted by Crippen LogP contribution is -2.47. The lowest BCUT2D eigenvalue weighted by atomic mass is 9.94. The second-order valence-corrected chi connectivity index (χ2v) is 5.88. The van der Waals surface area contributed by atoms with Crippen LogP contribution in [0.25, 0.3) is 0 Å². The van der Waals surface area contributed by atoms with Crippen molar-refractivity contribution in [3.8, 4) is 0 Å². The number of hydrogen-bond acceptors (Lipinski definition) is 3. The van der Waals surface area contributed by atoms with Crippen LogP contribution >= 0.6 is 0 Å². The Labute approximate surface area is 98.5 Å². The lowest BCUT2D eigenvalue weighted by molar-refractivity contribution is -0.00199. The highest BCUT2D eigenvalue weighted by Crippen LogP contribution is 2.46. The summed E-state index contributed by atoms with van der Waals surface area (Å²) in [5, 5.41) is 3.41. The minimum atomic E-state index is 0.415. The van der Waals surface area contributed by atoms with E-state index in [0.29, 0.717) is 6.10 Å². The van der Waals surface area contributed by atoms with Gasteiger partial charge < -0.3 is 15.0 Å². The number of fused-ring (bicyclic) bond motifs is 2. The van der Waals surface area contributed by atoms with Gasteiger partial charge in [0.2, 0.25) is 0 Å². The van der Waals surface area contributed by atoms with Crippen LogP contribution in [0.1, 0.15) is 25.7 Å². The molecule has 1 saturated heterocycles. The fourth-order valence-corrected chi connectivity index (χ4v) is 3.94. The van der Waals surface area contributed by atoms with Crippen molar-refractivity contribution in [2.24, 2.45) is 11.8 Å². The molecule has 3 rings (SSSR count). The van der Waals surface area contributed by atoms with Gasteiger partial charge in [-0.05, 0) is 38.1 Å². The van der Waals surface area contributed by atoms with Gasteiger partial charge in [-0.15, -0.1) is 0 Å². The molecule has 3 nitrogen and oxygen atoms in total. The van der Waals surface area contributed by atoms with Crippen LogP contribution in [0.2, 0.25) is 0 Å². The zero-order chi connectivity index (χ0) is 11.0. The minimum absolute atomic E-state index is 0.415. The van der Waals surface area contributed by atoms with E-state index in [4.69, 9.17) is 4.74 Å². The number of nitrogens with zero attached hydrogens (tertiary/aromatic N) is 1. The van der Waals surface area contributed by atoms with Crippen molar-refractivity contribution >= 4 is 0 Å². The maximum absolute atomic E-state index is 5.78. The summed E-state index contributed by atoms with van der Waals surface area (Å²) < 4.78 is 5.78. The largest absolute Gasteiger partial charge is 0.374 e. The quantitative estimate of drug-likeness (QED) is 0.777. The smallest absolute Gasteiger partial charge is 0.0826 e. The van der Waals surface area contributed by atoms with E-state index in [1.165, 1.54) is 25.7 Å². The van der Waals surface area contributed by atoms with Crippen LogP contribution in [-0.2, 0) is 4.74 Å². The molecular weight excluding hydrogens is 200 g/mol. The van der Waals surface area contributed by atoms with E-state index >= 15 is 0 Å². The Kier molecular flexibility index (Phi) is 3.18. The number of nitrogens with one attached hydrogen (secondary N) is 1. The first kappa shape index (κ1) is 11.0. The molecule has 3 heteroatoms. The number of likely N-dealkylation sites (N-methyl/N-ethyl adjacent to an activating group) is 1. The van der Waals surface area contributed by atoms with Gasteiger partial charge in [-0.25, -0.2) is 0 Å². The molecule has 3 fully saturated rings. The van der Waals surface area contributed by atoms with Crippen LogP contribution < -0.4 is 5.32 Å². The van der Waals surface area contributed by atoms with Crippen molar-refractivity contribution in [1.82, 2.24) is 10.2 Å². The van der Waals surface area contributed by atoms with E-state index in [1.54, 1.807) is 0 Å². The standard InChI is InChI=1S/C13H24N2O/c1-15(9-12-8-14-4-5-16-12)13-7-10-2-3-11(13)6-10/h10-14H,2-9H2,1H3. The fourth-order valence-electron chi connectivity index (χ4n) is 3.94. The number of rotatable bonds is 3. The predicted octanol–water partition coefficient (Wildman–Crippen LogP) is 1.10. The Morgan fingerprint density at radius 3 is 2.88 bits per heavy atom. The maximum Gasteiger partial charge on any atom is 0.0826 e. The maximum atomic E-state index is 5.78. The highest BCUT2D eigenvalue weighted by molar-refractivity contribution is 4.95. The molecule has 0 aromatic carbocycles. The van der Waals surface area contributed by atoms with E-state index < -0.39 is 0 Å². The van der Waals surface area contributed by atoms with E-state index in [2.05, 4.69) is 17.3 Å². The highest BCUT2D eigenvalue weighted by atomic mass is 16.5. The van der Waals surface area contributed by atoms with Crippen LogP contribution in [0, 0.1) is 11.8 Å². The van der Waals surface area contributed by atoms with Crippen LogP contribution in [-0.4, -0.2) is 50.3 Å². The first-order valence-corrected chi connectivity index (χ1v) is 6.85. The van der Waals surface area contributed by atoms with E-state index in [9.17, 15) is 0 Å². The first-order chi connectivity index (χ1) is 7.83. The second-order valence-electron chi connectivity index (χ2n) is 5.88. The normalized spacial score (nSPS) is 43.1. The Morgan fingerprint density at radius 2 is 2.25 bits per heavy atom. The Balaban J connectivity index is 1.51. The van der Waals surface area contributed by atoms with Crippen LogP contribution in [0.15, 0.2) is 0 Å². The van der Waals surface area contributed by atoms with Crippen molar-refractivity contribution in [3.63, 3.8) is 0 Å². The van der Waals surface area contributed by atoms with Crippen LogP contribution in [0.3, 0.4) is 0 Å². The second kappa shape index (κ2) is 4.63. The molecule has 0 spiro atoms. The summed E-state index contributed by atoms with van der Waals surface area (Å²) >= 11 is 0. The van der Waals surface area contributed by atoms with E-state index in [1.807, 2.05) is 0 Å². The molecular formula is C13H24N2O. The molecule has 0 aromatic rings. The van der Waals surface area contributed by atoms with E-state index in [0.717, 1.165) is 44.1 Å². The molecule has 4 atom stereocenters. The van der Waals surface area contributed by atoms with Gasteiger partial charge in [0.05, 0.1) is 12.7 Å². The van der Waals surface area contributed by atoms with Crippen LogP contribution in [0.4, 0.5) is 0 Å². The van der Waals surface area contributed by atoms with Crippen molar-refractivity contribution < 1.29 is 4.74 Å². The highest BCUT2D eigenvalue weighted by Gasteiger charge is 2.41. The van der Waals surface area contributed by atoms with Crippen molar-refractivity contribution in [3.05, 3.63) is 0 Å². The van der Waals surface area contributed by atoms with Gasteiger partial charge in [-0.2, -0.15) is 0 Å². The van der Waals surface area contributed by atoms with Gasteiger partial charge in [0.15, 0.2) is 0 Å². The Hall–Kier alpha value is -0.120. The monoisotopic (exact) mass is 224 g/mol. The number of hydrogen-bond donors (Lipinski definition) is 1. The summed E-state index contributed by atoms with van der Waals surface area (Å²) in [6.07, 6.45) is 6.33. The third-order valence-electron chi connectivity index (χ3n) is 4.76. The Morgan fingerprint density at radius 1 is 1.31 bits per heavy atom. The molecule has 0 radical (unpaired) electrons. The van der Waals surface area contributed by atoms with Gasteiger partial charge >= 0.3 is 0 Å². The number of morpholine rings is 1. The predicted molar refractivity (Wildman–Crippen MR) is 64.5 cm³/mol. The zero-order valence-corrected chi connectivity index (χ0v) is 10.3. The summed E-state index contributed by atoms with van der Waals surface area (Å²) in [5.41, 5.74) is 0. The van der Waals surface area contributed by atoms with E-state index in [-0.39, 0.29) is 0 Å². The Bertz CT molecular complexity index is 240. The van der Waals surface area contributed by atoms with Crippen LogP contribution in [0.5, 0.6) is 0 Å². The van der Waals surface area contributed by atoms with Crippen molar-refractivity contribution in [2.75, 3.05) is 33.3 Å². The molecule has 0 aromatic heterocycles. The summed E-state index contributed by atoms with van der Waals surface area (Å²) in [6.45, 7) is 4.05. The van der Waals surface area contributed by atoms with Gasteiger partial charge in [-0.1, -0.05) is 6.42 Å². The minimum Gasteiger partial charge on any atom is -0.374 e. The molecule has 1 N–H and O–H groups in total. The molecule has 2 bridgehead atoms. The zero-order valence-electron chi connectivity index (χ0n) is 10.3. The summed E-state index contributed by atoms with van der Waals surface area (Å²) in [6, 6.07) is 0.851. The molecule has 16 heavy (non-hydrogen) atoms. The topological polar surface area (TPSA) is 24.5 Å². The van der Waals surface area contributed by atoms with Crippen molar-refractivity contribution in [2.45, 2.75) is 37.8 Å². The first-order valence-electron chi connectivity index (χ1n) is 6.85. The average Bonchev–Trinajstić information content (AvgIpc) is 2.92. The molecule has 92 valence electrons. The number of ether oxygens (including phenoxy) is 1. The van der Waals surface area contributed by atoms with Gasteiger partial charge in [0, 0.05) is 25.7 Å². The third-order valence-corrected chi connectivity index (χ3v) is 4.76. The SMILES string of the molecule is CN(CC1CNCCO1)C1CC2CCC1C2. The average molecular weight is 224 g/mol. The lowest BCUT2D eigenvalue weighted by Gasteiger charge is -2.35. The molecule has 2 saturated carbocycles. The molecule has 2 aliphatic carbocycles. The molecule has 4 unspecified atom stereocenters. The molecule has 1 aliphatic heterocycles. The summed E-state index contributed by atoms with van der Waals surface area (Å²) in [4.78, 5) is 2.57. The molecule has 1 heterocycles. The van der Waals surface area contributed by atoms with Gasteiger partial charge in [0.1, 0.15) is 0 Å². The summed E-state index contributed by atoms with van der Waals surface area (Å²) in [5.74, 6) is 2.04. The van der Waals surface area contributed by atoms with Gasteiger partial charge in [-0.3, -0.25) is 0 Å². The molecule has 3 aliphatic rings. The van der Waals surface area contributed by atoms with Crippen molar-refractivity contribution in [1.29, 1.82) is 0 Å². The fraction of sp³-hybridized carbons (Fsp3) is 1.00. The van der Waals surface area contributed by atoms with Gasteiger partial charge in [0.25, 0.3) is 0 Å².